The Morgan fingerprint density at radius 2 is 1.72 bits per heavy atom. The summed E-state index contributed by atoms with van der Waals surface area (Å²) in [4.78, 5) is 38.4. The van der Waals surface area contributed by atoms with Crippen LogP contribution in [0, 0.1) is 5.92 Å². The number of urea groups is 1. The second-order valence-corrected chi connectivity index (χ2v) is 7.98. The predicted octanol–water partition coefficient (Wildman–Crippen LogP) is 3.37. The third-order valence-electron chi connectivity index (χ3n) is 5.28. The number of hydrogen-bond donors (Lipinski definition) is 3. The highest BCUT2D eigenvalue weighted by atomic mass is 35.5. The molecule has 0 aromatic heterocycles. The summed E-state index contributed by atoms with van der Waals surface area (Å²) in [6.07, 6.45) is 0.759. The van der Waals surface area contributed by atoms with Crippen LogP contribution in [0.3, 0.4) is 0 Å². The molecule has 1 saturated heterocycles. The van der Waals surface area contributed by atoms with Gasteiger partial charge in [-0.15, -0.1) is 0 Å². The summed E-state index contributed by atoms with van der Waals surface area (Å²) in [7, 11) is 0. The summed E-state index contributed by atoms with van der Waals surface area (Å²) in [6.45, 7) is 0.902. The van der Waals surface area contributed by atoms with Crippen LogP contribution < -0.4 is 10.6 Å². The first-order valence-electron chi connectivity index (χ1n) is 10.4. The van der Waals surface area contributed by atoms with Gasteiger partial charge in [-0.05, 0) is 30.5 Å². The summed E-state index contributed by atoms with van der Waals surface area (Å²) >= 11 is 6.09. The van der Waals surface area contributed by atoms with Gasteiger partial charge in [0.2, 0.25) is 5.91 Å². The largest absolute Gasteiger partial charge is 0.481 e. The third kappa shape index (κ3) is 6.70. The van der Waals surface area contributed by atoms with E-state index in [9.17, 15) is 19.5 Å². The number of carboxylic acid groups (broad SMARTS) is 1. The number of ether oxygens (including phenoxy) is 1. The van der Waals surface area contributed by atoms with Crippen molar-refractivity contribution in [1.29, 1.82) is 0 Å². The highest BCUT2D eigenvalue weighted by Crippen LogP contribution is 2.21. The number of carbonyl (C=O) groups is 3. The van der Waals surface area contributed by atoms with Gasteiger partial charge in [-0.2, -0.15) is 0 Å². The lowest BCUT2D eigenvalue weighted by Gasteiger charge is -2.33. The number of rotatable bonds is 8. The van der Waals surface area contributed by atoms with Crippen molar-refractivity contribution in [3.63, 3.8) is 0 Å². The number of halogens is 1. The molecule has 8 nitrogen and oxygen atoms in total. The van der Waals surface area contributed by atoms with Crippen LogP contribution in [0.25, 0.3) is 0 Å². The van der Waals surface area contributed by atoms with E-state index in [1.165, 1.54) is 0 Å². The Kier molecular flexibility index (Phi) is 8.47. The first-order chi connectivity index (χ1) is 15.4. The molecule has 3 amide bonds. The minimum absolute atomic E-state index is 0.0253. The predicted molar refractivity (Wildman–Crippen MR) is 120 cm³/mol. The maximum atomic E-state index is 13.1. The van der Waals surface area contributed by atoms with Crippen molar-refractivity contribution >= 4 is 35.2 Å². The normalized spacial score (nSPS) is 15.1. The van der Waals surface area contributed by atoms with Crippen LogP contribution >= 0.6 is 11.6 Å². The second-order valence-electron chi connectivity index (χ2n) is 7.57. The van der Waals surface area contributed by atoms with Crippen molar-refractivity contribution in [1.82, 2.24) is 10.2 Å². The maximum Gasteiger partial charge on any atom is 0.320 e. The lowest BCUT2D eigenvalue weighted by Crippen LogP contribution is -2.53. The Morgan fingerprint density at radius 1 is 1.06 bits per heavy atom. The minimum Gasteiger partial charge on any atom is -0.481 e. The lowest BCUT2D eigenvalue weighted by molar-refractivity contribution is -0.146. The number of likely N-dealkylation sites (tertiary alicyclic amines) is 1. The van der Waals surface area contributed by atoms with Gasteiger partial charge >= 0.3 is 12.0 Å². The molecular weight excluding hydrogens is 434 g/mol. The molecule has 32 heavy (non-hydrogen) atoms. The summed E-state index contributed by atoms with van der Waals surface area (Å²) in [6, 6.07) is 14.8. The van der Waals surface area contributed by atoms with Gasteiger partial charge < -0.3 is 25.4 Å². The molecule has 0 spiro atoms. The van der Waals surface area contributed by atoms with Crippen LogP contribution in [0.1, 0.15) is 18.4 Å². The molecular formula is C23H26ClN3O5. The molecule has 1 unspecified atom stereocenters. The zero-order valence-electron chi connectivity index (χ0n) is 17.5. The highest BCUT2D eigenvalue weighted by Gasteiger charge is 2.31. The van der Waals surface area contributed by atoms with Crippen LogP contribution in [-0.4, -0.2) is 53.7 Å². The van der Waals surface area contributed by atoms with E-state index in [-0.39, 0.29) is 12.5 Å². The molecule has 3 rings (SSSR count). The number of piperidine rings is 1. The van der Waals surface area contributed by atoms with E-state index in [2.05, 4.69) is 10.6 Å². The molecule has 9 heteroatoms. The van der Waals surface area contributed by atoms with Crippen LogP contribution in [0.4, 0.5) is 10.5 Å². The number of hydrogen-bond acceptors (Lipinski definition) is 4. The molecule has 1 aliphatic heterocycles. The SMILES string of the molecule is O=C(Nc1ccccc1Cl)NC(COCc1ccccc1)C(=O)N1CCC(C(=O)O)CC1. The molecule has 170 valence electrons. The minimum atomic E-state index is -0.928. The molecule has 1 atom stereocenters. The zero-order chi connectivity index (χ0) is 22.9. The van der Waals surface area contributed by atoms with Crippen molar-refractivity contribution in [2.75, 3.05) is 25.0 Å². The van der Waals surface area contributed by atoms with E-state index in [0.29, 0.717) is 43.2 Å². The number of para-hydroxylation sites is 1. The first-order valence-corrected chi connectivity index (χ1v) is 10.8. The van der Waals surface area contributed by atoms with Crippen molar-refractivity contribution in [2.45, 2.75) is 25.5 Å². The second kappa shape index (κ2) is 11.5. The number of nitrogens with one attached hydrogen (secondary N) is 2. The average molecular weight is 460 g/mol. The monoisotopic (exact) mass is 459 g/mol. The van der Waals surface area contributed by atoms with E-state index >= 15 is 0 Å². The van der Waals surface area contributed by atoms with Crippen molar-refractivity contribution in [3.8, 4) is 0 Å². The fourth-order valence-corrected chi connectivity index (χ4v) is 3.67. The number of nitrogens with zero attached hydrogens (tertiary/aromatic N) is 1. The quantitative estimate of drug-likeness (QED) is 0.561. The van der Waals surface area contributed by atoms with Crippen LogP contribution in [0.15, 0.2) is 54.6 Å². The molecule has 2 aromatic rings. The number of aliphatic carboxylic acids is 1. The van der Waals surface area contributed by atoms with E-state index in [4.69, 9.17) is 16.3 Å². The fourth-order valence-electron chi connectivity index (χ4n) is 3.49. The van der Waals surface area contributed by atoms with E-state index in [1.807, 2.05) is 30.3 Å². The molecule has 0 radical (unpaired) electrons. The molecule has 0 bridgehead atoms. The molecule has 1 aliphatic rings. The third-order valence-corrected chi connectivity index (χ3v) is 5.61. The molecule has 3 N–H and O–H groups in total. The van der Waals surface area contributed by atoms with Crippen LogP contribution in [0.5, 0.6) is 0 Å². The zero-order valence-corrected chi connectivity index (χ0v) is 18.3. The highest BCUT2D eigenvalue weighted by molar-refractivity contribution is 6.33. The van der Waals surface area contributed by atoms with Crippen molar-refractivity contribution < 1.29 is 24.2 Å². The fraction of sp³-hybridized carbons (Fsp3) is 0.348. The standard InChI is InChI=1S/C23H26ClN3O5/c24-18-8-4-5-9-19(18)25-23(31)26-20(15-32-14-16-6-2-1-3-7-16)21(28)27-12-10-17(11-13-27)22(29)30/h1-9,17,20H,10-15H2,(H,29,30)(H2,25,26,31). The Morgan fingerprint density at radius 3 is 2.38 bits per heavy atom. The number of carbonyl (C=O) groups excluding carboxylic acids is 2. The Hall–Kier alpha value is -3.10. The smallest absolute Gasteiger partial charge is 0.320 e. The maximum absolute atomic E-state index is 13.1. The van der Waals surface area contributed by atoms with Crippen molar-refractivity contribution in [3.05, 3.63) is 65.2 Å². The van der Waals surface area contributed by atoms with E-state index in [1.54, 1.807) is 29.2 Å². The Labute approximate surface area is 191 Å². The van der Waals surface area contributed by atoms with Gasteiger partial charge in [-0.3, -0.25) is 9.59 Å². The molecule has 0 saturated carbocycles. The van der Waals surface area contributed by atoms with Crippen LogP contribution in [0.2, 0.25) is 5.02 Å². The van der Waals surface area contributed by atoms with Gasteiger partial charge in [-0.1, -0.05) is 54.1 Å². The summed E-state index contributed by atoms with van der Waals surface area (Å²) < 4.78 is 5.72. The topological polar surface area (TPSA) is 108 Å². The van der Waals surface area contributed by atoms with Gasteiger partial charge in [0.05, 0.1) is 29.8 Å². The number of carboxylic acids is 1. The Bertz CT molecular complexity index is 932. The summed E-state index contributed by atoms with van der Waals surface area (Å²) in [5, 5.41) is 14.9. The van der Waals surface area contributed by atoms with Crippen molar-refractivity contribution in [2.24, 2.45) is 5.92 Å². The van der Waals surface area contributed by atoms with E-state index in [0.717, 1.165) is 5.56 Å². The average Bonchev–Trinajstić information content (AvgIpc) is 2.80. The Balaban J connectivity index is 1.63. The number of amides is 3. The van der Waals surface area contributed by atoms with Crippen LogP contribution in [-0.2, 0) is 20.9 Å². The molecule has 1 heterocycles. The lowest BCUT2D eigenvalue weighted by atomic mass is 9.96. The number of benzene rings is 2. The summed E-state index contributed by atoms with van der Waals surface area (Å²) in [5.41, 5.74) is 1.37. The van der Waals surface area contributed by atoms with E-state index < -0.39 is 24.0 Å². The van der Waals surface area contributed by atoms with Gasteiger partial charge in [0, 0.05) is 13.1 Å². The molecule has 2 aromatic carbocycles. The summed E-state index contributed by atoms with van der Waals surface area (Å²) in [5.74, 6) is -1.61. The first kappa shape index (κ1) is 23.6. The van der Waals surface area contributed by atoms with Gasteiger partial charge in [0.25, 0.3) is 0 Å². The molecule has 1 fully saturated rings. The number of anilines is 1. The van der Waals surface area contributed by atoms with Gasteiger partial charge in [-0.25, -0.2) is 4.79 Å². The molecule has 0 aliphatic carbocycles. The van der Waals surface area contributed by atoms with Gasteiger partial charge in [0.1, 0.15) is 6.04 Å². The van der Waals surface area contributed by atoms with Gasteiger partial charge in [0.15, 0.2) is 0 Å².